The summed E-state index contributed by atoms with van der Waals surface area (Å²) in [6, 6.07) is 16.5. The molecule has 4 rings (SSSR count). The van der Waals surface area contributed by atoms with Crippen LogP contribution in [0.15, 0.2) is 65.3 Å². The molecule has 1 aromatic heterocycles. The van der Waals surface area contributed by atoms with Gasteiger partial charge in [0, 0.05) is 25.2 Å². The molecule has 0 saturated heterocycles. The van der Waals surface area contributed by atoms with Gasteiger partial charge in [0.2, 0.25) is 0 Å². The van der Waals surface area contributed by atoms with Crippen molar-refractivity contribution in [3.05, 3.63) is 83.3 Å². The highest BCUT2D eigenvalue weighted by Crippen LogP contribution is 2.25. The van der Waals surface area contributed by atoms with Crippen molar-refractivity contribution in [1.82, 2.24) is 10.6 Å². The molecule has 3 N–H and O–H groups in total. The third kappa shape index (κ3) is 5.00. The number of rotatable bonds is 7. The molecule has 0 bridgehead atoms. The second-order valence-electron chi connectivity index (χ2n) is 7.03. The molecule has 0 aliphatic carbocycles. The van der Waals surface area contributed by atoms with E-state index < -0.39 is 0 Å². The molecule has 0 spiro atoms. The fourth-order valence-electron chi connectivity index (χ4n) is 3.27. The molecule has 0 atom stereocenters. The standard InChI is InChI=1S/C23H23N3O4/c27-22(21-2-1-12-29-21)26-19-6-3-17(4-7-19)15-25-23(28)24-11-9-16-5-8-20-18(14-16)10-13-30-20/h1-8,12,14H,9-11,13,15H2,(H,26,27)(H2,24,25,28). The highest BCUT2D eigenvalue weighted by molar-refractivity contribution is 6.02. The first-order valence-electron chi connectivity index (χ1n) is 9.87. The lowest BCUT2D eigenvalue weighted by Crippen LogP contribution is -2.36. The lowest BCUT2D eigenvalue weighted by Gasteiger charge is -2.09. The number of carbonyl (C=O) groups excluding carboxylic acids is 2. The van der Waals surface area contributed by atoms with Gasteiger partial charge in [0.1, 0.15) is 5.75 Å². The second-order valence-corrected chi connectivity index (χ2v) is 7.03. The number of ether oxygens (including phenoxy) is 1. The Morgan fingerprint density at radius 2 is 1.80 bits per heavy atom. The summed E-state index contributed by atoms with van der Waals surface area (Å²) >= 11 is 0. The van der Waals surface area contributed by atoms with Crippen molar-refractivity contribution in [2.24, 2.45) is 0 Å². The lowest BCUT2D eigenvalue weighted by molar-refractivity contribution is 0.0996. The van der Waals surface area contributed by atoms with Crippen LogP contribution in [0.4, 0.5) is 10.5 Å². The average Bonchev–Trinajstić information content (AvgIpc) is 3.45. The number of benzene rings is 2. The number of anilines is 1. The molecule has 2 heterocycles. The van der Waals surface area contributed by atoms with Gasteiger partial charge in [-0.15, -0.1) is 0 Å². The van der Waals surface area contributed by atoms with Gasteiger partial charge in [0.15, 0.2) is 5.76 Å². The largest absolute Gasteiger partial charge is 0.493 e. The summed E-state index contributed by atoms with van der Waals surface area (Å²) in [5.74, 6) is 0.919. The molecule has 2 aromatic carbocycles. The molecule has 30 heavy (non-hydrogen) atoms. The van der Waals surface area contributed by atoms with Gasteiger partial charge in [-0.2, -0.15) is 0 Å². The fourth-order valence-corrected chi connectivity index (χ4v) is 3.27. The Bertz CT molecular complexity index is 1010. The average molecular weight is 405 g/mol. The molecule has 0 saturated carbocycles. The van der Waals surface area contributed by atoms with Crippen LogP contribution in [0.3, 0.4) is 0 Å². The molecule has 0 radical (unpaired) electrons. The maximum absolute atomic E-state index is 12.0. The smallest absolute Gasteiger partial charge is 0.315 e. The number of hydrogen-bond acceptors (Lipinski definition) is 4. The first-order valence-corrected chi connectivity index (χ1v) is 9.87. The number of hydrogen-bond donors (Lipinski definition) is 3. The minimum Gasteiger partial charge on any atom is -0.493 e. The van der Waals surface area contributed by atoms with E-state index in [0.717, 1.165) is 30.8 Å². The van der Waals surface area contributed by atoms with E-state index in [0.29, 0.717) is 18.8 Å². The zero-order valence-electron chi connectivity index (χ0n) is 16.4. The van der Waals surface area contributed by atoms with E-state index in [2.05, 4.69) is 22.0 Å². The van der Waals surface area contributed by atoms with E-state index in [-0.39, 0.29) is 17.7 Å². The SMILES string of the molecule is O=C(NCCc1ccc2c(c1)CCO2)NCc1ccc(NC(=O)c2ccco2)cc1. The van der Waals surface area contributed by atoms with Crippen LogP contribution < -0.4 is 20.7 Å². The van der Waals surface area contributed by atoms with Gasteiger partial charge in [0.05, 0.1) is 12.9 Å². The third-order valence-electron chi connectivity index (χ3n) is 4.86. The Morgan fingerprint density at radius 1 is 0.967 bits per heavy atom. The summed E-state index contributed by atoms with van der Waals surface area (Å²) in [6.07, 6.45) is 3.17. The van der Waals surface area contributed by atoms with Crippen LogP contribution in [-0.4, -0.2) is 25.1 Å². The summed E-state index contributed by atoms with van der Waals surface area (Å²) < 4.78 is 10.6. The fraction of sp³-hybridized carbons (Fsp3) is 0.217. The predicted molar refractivity (Wildman–Crippen MR) is 113 cm³/mol. The zero-order chi connectivity index (χ0) is 20.8. The van der Waals surface area contributed by atoms with E-state index >= 15 is 0 Å². The van der Waals surface area contributed by atoms with Crippen molar-refractivity contribution in [3.8, 4) is 5.75 Å². The molecule has 7 nitrogen and oxygen atoms in total. The number of carbonyl (C=O) groups is 2. The maximum atomic E-state index is 12.0. The molecule has 1 aliphatic heterocycles. The van der Waals surface area contributed by atoms with Gasteiger partial charge in [-0.3, -0.25) is 4.79 Å². The molecule has 1 aliphatic rings. The van der Waals surface area contributed by atoms with Crippen molar-refractivity contribution in [2.75, 3.05) is 18.5 Å². The van der Waals surface area contributed by atoms with E-state index in [9.17, 15) is 9.59 Å². The summed E-state index contributed by atoms with van der Waals surface area (Å²) in [5.41, 5.74) is 4.01. The molecule has 7 heteroatoms. The second kappa shape index (κ2) is 9.17. The van der Waals surface area contributed by atoms with E-state index in [1.54, 1.807) is 24.3 Å². The third-order valence-corrected chi connectivity index (χ3v) is 4.86. The molecule has 0 fully saturated rings. The van der Waals surface area contributed by atoms with Crippen LogP contribution in [0.25, 0.3) is 0 Å². The number of fused-ring (bicyclic) bond motifs is 1. The van der Waals surface area contributed by atoms with Gasteiger partial charge in [-0.05, 0) is 53.4 Å². The first-order chi connectivity index (χ1) is 14.7. The first kappa shape index (κ1) is 19.6. The van der Waals surface area contributed by atoms with Crippen LogP contribution in [0.2, 0.25) is 0 Å². The van der Waals surface area contributed by atoms with Gasteiger partial charge in [-0.1, -0.05) is 24.3 Å². The quantitative estimate of drug-likeness (QED) is 0.561. The monoisotopic (exact) mass is 405 g/mol. The van der Waals surface area contributed by atoms with Crippen molar-refractivity contribution in [1.29, 1.82) is 0 Å². The Labute approximate surface area is 174 Å². The molecular formula is C23H23N3O4. The highest BCUT2D eigenvalue weighted by Gasteiger charge is 2.12. The summed E-state index contributed by atoms with van der Waals surface area (Å²) in [5, 5.41) is 8.47. The number of urea groups is 1. The molecule has 3 amide bonds. The normalized spacial score (nSPS) is 12.0. The summed E-state index contributed by atoms with van der Waals surface area (Å²) in [7, 11) is 0. The predicted octanol–water partition coefficient (Wildman–Crippen LogP) is 3.51. The van der Waals surface area contributed by atoms with Gasteiger partial charge < -0.3 is 25.1 Å². The van der Waals surface area contributed by atoms with Crippen molar-refractivity contribution >= 4 is 17.6 Å². The van der Waals surface area contributed by atoms with Crippen LogP contribution in [-0.2, 0) is 19.4 Å². The van der Waals surface area contributed by atoms with Crippen molar-refractivity contribution in [2.45, 2.75) is 19.4 Å². The minimum atomic E-state index is -0.304. The Hall–Kier alpha value is -3.74. The van der Waals surface area contributed by atoms with Gasteiger partial charge >= 0.3 is 6.03 Å². The van der Waals surface area contributed by atoms with Crippen LogP contribution >= 0.6 is 0 Å². The van der Waals surface area contributed by atoms with Crippen LogP contribution in [0.1, 0.15) is 27.2 Å². The Kier molecular flexibility index (Phi) is 5.98. The van der Waals surface area contributed by atoms with Gasteiger partial charge in [-0.25, -0.2) is 4.79 Å². The minimum absolute atomic E-state index is 0.213. The zero-order valence-corrected chi connectivity index (χ0v) is 16.4. The maximum Gasteiger partial charge on any atom is 0.315 e. The van der Waals surface area contributed by atoms with Crippen LogP contribution in [0, 0.1) is 0 Å². The number of furan rings is 1. The van der Waals surface area contributed by atoms with E-state index in [1.807, 2.05) is 24.3 Å². The van der Waals surface area contributed by atoms with E-state index in [4.69, 9.17) is 9.15 Å². The van der Waals surface area contributed by atoms with Gasteiger partial charge in [0.25, 0.3) is 5.91 Å². The van der Waals surface area contributed by atoms with Crippen LogP contribution in [0.5, 0.6) is 5.75 Å². The Morgan fingerprint density at radius 3 is 2.60 bits per heavy atom. The topological polar surface area (TPSA) is 92.6 Å². The molecule has 3 aromatic rings. The molecule has 154 valence electrons. The summed E-state index contributed by atoms with van der Waals surface area (Å²) in [6.45, 7) is 1.70. The lowest BCUT2D eigenvalue weighted by atomic mass is 10.1. The van der Waals surface area contributed by atoms with Crippen molar-refractivity contribution in [3.63, 3.8) is 0 Å². The number of nitrogens with one attached hydrogen (secondary N) is 3. The molecule has 0 unspecified atom stereocenters. The van der Waals surface area contributed by atoms with Crippen molar-refractivity contribution < 1.29 is 18.7 Å². The highest BCUT2D eigenvalue weighted by atomic mass is 16.5. The van der Waals surface area contributed by atoms with E-state index in [1.165, 1.54) is 17.4 Å². The molecular weight excluding hydrogens is 382 g/mol. The number of amides is 3. The summed E-state index contributed by atoms with van der Waals surface area (Å²) in [4.78, 5) is 24.0. The Balaban J connectivity index is 1.18.